The molecule has 1 rings (SSSR count). The molecule has 0 bridgehead atoms. The summed E-state index contributed by atoms with van der Waals surface area (Å²) >= 11 is 0. The fraction of sp³-hybridized carbons (Fsp3) is 0.455. The molecule has 0 unspecified atom stereocenters. The van der Waals surface area contributed by atoms with Crippen molar-refractivity contribution in [3.8, 4) is 0 Å². The molecular weight excluding hydrogens is 190 g/mol. The summed E-state index contributed by atoms with van der Waals surface area (Å²) in [5, 5.41) is 5.82. The second-order valence-corrected chi connectivity index (χ2v) is 3.36. The van der Waals surface area contributed by atoms with Gasteiger partial charge in [0.15, 0.2) is 0 Å². The fourth-order valence-corrected chi connectivity index (χ4v) is 1.27. The summed E-state index contributed by atoms with van der Waals surface area (Å²) < 4.78 is 0. The topological polar surface area (TPSA) is 54.0 Å². The van der Waals surface area contributed by atoms with Crippen LogP contribution in [-0.2, 0) is 11.3 Å². The van der Waals surface area contributed by atoms with Gasteiger partial charge in [0.25, 0.3) is 0 Å². The van der Waals surface area contributed by atoms with Crippen LogP contribution in [0.1, 0.15) is 18.1 Å². The summed E-state index contributed by atoms with van der Waals surface area (Å²) in [6, 6.07) is 1.96. The third-order valence-corrected chi connectivity index (χ3v) is 2.11. The molecule has 82 valence electrons. The van der Waals surface area contributed by atoms with Crippen molar-refractivity contribution in [2.75, 3.05) is 13.1 Å². The quantitative estimate of drug-likeness (QED) is 0.744. The molecule has 0 aliphatic rings. The van der Waals surface area contributed by atoms with Crippen LogP contribution in [0, 0.1) is 6.92 Å². The van der Waals surface area contributed by atoms with E-state index in [9.17, 15) is 4.79 Å². The third-order valence-electron chi connectivity index (χ3n) is 2.11. The van der Waals surface area contributed by atoms with E-state index in [1.54, 1.807) is 6.20 Å². The third kappa shape index (κ3) is 4.08. The number of pyridine rings is 1. The minimum absolute atomic E-state index is 0.0317. The Hall–Kier alpha value is -1.42. The molecule has 0 radical (unpaired) electrons. The summed E-state index contributed by atoms with van der Waals surface area (Å²) in [5.74, 6) is 0.0317. The van der Waals surface area contributed by atoms with Gasteiger partial charge < -0.3 is 10.6 Å². The van der Waals surface area contributed by atoms with Crippen LogP contribution in [-0.4, -0.2) is 24.0 Å². The van der Waals surface area contributed by atoms with E-state index in [-0.39, 0.29) is 5.91 Å². The lowest BCUT2D eigenvalue weighted by Crippen LogP contribution is -2.33. The highest BCUT2D eigenvalue weighted by molar-refractivity contribution is 5.77. The number of rotatable bonds is 5. The Balaban J connectivity index is 2.32. The molecule has 4 heteroatoms. The van der Waals surface area contributed by atoms with Crippen LogP contribution < -0.4 is 10.6 Å². The van der Waals surface area contributed by atoms with Crippen LogP contribution in [0.15, 0.2) is 18.5 Å². The molecule has 0 aliphatic heterocycles. The van der Waals surface area contributed by atoms with Gasteiger partial charge in [-0.2, -0.15) is 0 Å². The minimum atomic E-state index is 0.0317. The van der Waals surface area contributed by atoms with E-state index in [0.29, 0.717) is 19.6 Å². The number of nitrogens with zero attached hydrogens (tertiary/aromatic N) is 1. The van der Waals surface area contributed by atoms with Gasteiger partial charge in [-0.3, -0.25) is 9.78 Å². The number of nitrogens with one attached hydrogen (secondary N) is 2. The fourth-order valence-electron chi connectivity index (χ4n) is 1.27. The van der Waals surface area contributed by atoms with Gasteiger partial charge >= 0.3 is 0 Å². The highest BCUT2D eigenvalue weighted by Gasteiger charge is 2.00. The predicted molar refractivity (Wildman–Crippen MR) is 59.4 cm³/mol. The lowest BCUT2D eigenvalue weighted by Gasteiger charge is -2.06. The molecule has 0 atom stereocenters. The smallest absolute Gasteiger partial charge is 0.233 e. The van der Waals surface area contributed by atoms with Crippen molar-refractivity contribution >= 4 is 5.91 Å². The van der Waals surface area contributed by atoms with Gasteiger partial charge in [0.2, 0.25) is 5.91 Å². The molecule has 15 heavy (non-hydrogen) atoms. The predicted octanol–water partition coefficient (Wildman–Crippen LogP) is 0.616. The van der Waals surface area contributed by atoms with Crippen molar-refractivity contribution in [2.24, 2.45) is 0 Å². The van der Waals surface area contributed by atoms with E-state index >= 15 is 0 Å². The second-order valence-electron chi connectivity index (χ2n) is 3.36. The number of carbonyl (C=O) groups excluding carboxylic acids is 1. The number of amides is 1. The molecule has 0 spiro atoms. The molecule has 0 aromatic carbocycles. The summed E-state index contributed by atoms with van der Waals surface area (Å²) in [6.45, 7) is 5.65. The average Bonchev–Trinajstić information content (AvgIpc) is 2.21. The largest absolute Gasteiger partial charge is 0.355 e. The zero-order valence-corrected chi connectivity index (χ0v) is 9.21. The number of aromatic nitrogens is 1. The Morgan fingerprint density at radius 1 is 1.53 bits per heavy atom. The molecule has 0 saturated heterocycles. The Kier molecular flexibility index (Phi) is 4.77. The van der Waals surface area contributed by atoms with Crippen LogP contribution in [0.4, 0.5) is 0 Å². The summed E-state index contributed by atoms with van der Waals surface area (Å²) in [4.78, 5) is 15.1. The van der Waals surface area contributed by atoms with Gasteiger partial charge in [0, 0.05) is 25.5 Å². The first kappa shape index (κ1) is 11.7. The molecule has 1 heterocycles. The van der Waals surface area contributed by atoms with Gasteiger partial charge in [0.1, 0.15) is 0 Å². The van der Waals surface area contributed by atoms with E-state index < -0.39 is 0 Å². The summed E-state index contributed by atoms with van der Waals surface area (Å²) in [5.41, 5.74) is 2.31. The second kappa shape index (κ2) is 6.14. The number of carbonyl (C=O) groups is 1. The lowest BCUT2D eigenvalue weighted by atomic mass is 10.1. The van der Waals surface area contributed by atoms with Crippen LogP contribution in [0.2, 0.25) is 0 Å². The van der Waals surface area contributed by atoms with Crippen molar-refractivity contribution < 1.29 is 4.79 Å². The SMILES string of the molecule is CCNC(=O)CNCc1ccncc1C. The minimum Gasteiger partial charge on any atom is -0.355 e. The van der Waals surface area contributed by atoms with Crippen molar-refractivity contribution in [3.63, 3.8) is 0 Å². The normalized spacial score (nSPS) is 10.0. The molecule has 1 amide bonds. The highest BCUT2D eigenvalue weighted by atomic mass is 16.1. The monoisotopic (exact) mass is 207 g/mol. The molecule has 0 saturated carbocycles. The van der Waals surface area contributed by atoms with Gasteiger partial charge in [-0.25, -0.2) is 0 Å². The van der Waals surface area contributed by atoms with Gasteiger partial charge in [-0.15, -0.1) is 0 Å². The first-order chi connectivity index (χ1) is 7.24. The van der Waals surface area contributed by atoms with Gasteiger partial charge in [0.05, 0.1) is 6.54 Å². The Labute approximate surface area is 90.1 Å². The first-order valence-electron chi connectivity index (χ1n) is 5.11. The Bertz CT molecular complexity index is 325. The molecule has 2 N–H and O–H groups in total. The number of likely N-dealkylation sites (N-methyl/N-ethyl adjacent to an activating group) is 1. The van der Waals surface area contributed by atoms with Crippen LogP contribution in [0.5, 0.6) is 0 Å². The van der Waals surface area contributed by atoms with E-state index in [1.165, 1.54) is 5.56 Å². The molecule has 4 nitrogen and oxygen atoms in total. The van der Waals surface area contributed by atoms with Crippen molar-refractivity contribution in [2.45, 2.75) is 20.4 Å². The zero-order chi connectivity index (χ0) is 11.1. The van der Waals surface area contributed by atoms with E-state index in [2.05, 4.69) is 15.6 Å². The standard InChI is InChI=1S/C11H17N3O/c1-3-14-11(15)8-13-7-10-4-5-12-6-9(10)2/h4-6,13H,3,7-8H2,1-2H3,(H,14,15). The number of aryl methyl sites for hydroxylation is 1. The maximum absolute atomic E-state index is 11.1. The molecule has 0 aliphatic carbocycles. The van der Waals surface area contributed by atoms with E-state index in [1.807, 2.05) is 26.1 Å². The number of hydrogen-bond acceptors (Lipinski definition) is 3. The molecule has 0 fully saturated rings. The van der Waals surface area contributed by atoms with Gasteiger partial charge in [-0.1, -0.05) is 0 Å². The van der Waals surface area contributed by atoms with Crippen LogP contribution >= 0.6 is 0 Å². The molecule has 1 aromatic heterocycles. The molecular formula is C11H17N3O. The maximum Gasteiger partial charge on any atom is 0.233 e. The van der Waals surface area contributed by atoms with Crippen LogP contribution in [0.3, 0.4) is 0 Å². The average molecular weight is 207 g/mol. The van der Waals surface area contributed by atoms with Crippen molar-refractivity contribution in [1.29, 1.82) is 0 Å². The Morgan fingerprint density at radius 2 is 2.33 bits per heavy atom. The zero-order valence-electron chi connectivity index (χ0n) is 9.21. The van der Waals surface area contributed by atoms with E-state index in [0.717, 1.165) is 5.56 Å². The van der Waals surface area contributed by atoms with E-state index in [4.69, 9.17) is 0 Å². The Morgan fingerprint density at radius 3 is 3.00 bits per heavy atom. The van der Waals surface area contributed by atoms with Crippen molar-refractivity contribution in [3.05, 3.63) is 29.6 Å². The summed E-state index contributed by atoms with van der Waals surface area (Å²) in [7, 11) is 0. The molecule has 1 aromatic rings. The van der Waals surface area contributed by atoms with Crippen LogP contribution in [0.25, 0.3) is 0 Å². The van der Waals surface area contributed by atoms with Crippen molar-refractivity contribution in [1.82, 2.24) is 15.6 Å². The number of hydrogen-bond donors (Lipinski definition) is 2. The highest BCUT2D eigenvalue weighted by Crippen LogP contribution is 2.03. The first-order valence-corrected chi connectivity index (χ1v) is 5.11. The summed E-state index contributed by atoms with van der Waals surface area (Å²) in [6.07, 6.45) is 3.58. The lowest BCUT2D eigenvalue weighted by molar-refractivity contribution is -0.120. The maximum atomic E-state index is 11.1. The van der Waals surface area contributed by atoms with Gasteiger partial charge in [-0.05, 0) is 31.0 Å².